The first-order chi connectivity index (χ1) is 8.75. The van der Waals surface area contributed by atoms with E-state index in [0.717, 1.165) is 30.7 Å². The van der Waals surface area contributed by atoms with Crippen LogP contribution in [0.2, 0.25) is 0 Å². The van der Waals surface area contributed by atoms with Gasteiger partial charge in [0.1, 0.15) is 5.60 Å². The number of rotatable bonds is 4. The molecule has 0 radical (unpaired) electrons. The molecule has 2 heteroatoms. The van der Waals surface area contributed by atoms with Crippen molar-refractivity contribution in [2.45, 2.75) is 50.0 Å². The summed E-state index contributed by atoms with van der Waals surface area (Å²) in [5.41, 5.74) is 1.68. The number of Topliss-reactive ketones (excluding diaryl/α,β-unsaturated/α-hetero) is 1. The number of hydrogen-bond donors (Lipinski definition) is 0. The van der Waals surface area contributed by atoms with Crippen molar-refractivity contribution in [1.29, 1.82) is 0 Å². The van der Waals surface area contributed by atoms with E-state index < -0.39 is 5.60 Å². The van der Waals surface area contributed by atoms with Gasteiger partial charge in [-0.15, -0.1) is 0 Å². The van der Waals surface area contributed by atoms with Gasteiger partial charge in [0.25, 0.3) is 0 Å². The molecule has 18 heavy (non-hydrogen) atoms. The summed E-state index contributed by atoms with van der Waals surface area (Å²) in [6, 6.07) is 8.21. The van der Waals surface area contributed by atoms with Gasteiger partial charge in [0, 0.05) is 12.7 Å². The summed E-state index contributed by atoms with van der Waals surface area (Å²) in [6.07, 6.45) is 6.78. The van der Waals surface area contributed by atoms with Crippen LogP contribution in [0, 0.1) is 0 Å². The number of benzene rings is 1. The number of ketones is 1. The lowest BCUT2D eigenvalue weighted by atomic mass is 9.74. The predicted octanol–water partition coefficient (Wildman–Crippen LogP) is 3.71. The van der Waals surface area contributed by atoms with Crippen molar-refractivity contribution in [3.63, 3.8) is 0 Å². The maximum absolute atomic E-state index is 12.4. The minimum Gasteiger partial charge on any atom is -0.370 e. The Bertz CT molecular complexity index is 433. The third-order valence-corrected chi connectivity index (χ3v) is 4.72. The highest BCUT2D eigenvalue weighted by molar-refractivity contribution is 6.03. The van der Waals surface area contributed by atoms with Crippen LogP contribution >= 0.6 is 0 Å². The molecule has 2 aliphatic carbocycles. The Balaban J connectivity index is 1.77. The first-order valence-corrected chi connectivity index (χ1v) is 6.95. The Hall–Kier alpha value is -1.15. The second kappa shape index (κ2) is 4.51. The lowest BCUT2D eigenvalue weighted by Crippen LogP contribution is -2.47. The molecule has 1 aromatic carbocycles. The molecule has 0 N–H and O–H groups in total. The third kappa shape index (κ3) is 1.79. The monoisotopic (exact) mass is 244 g/mol. The summed E-state index contributed by atoms with van der Waals surface area (Å²) in [5, 5.41) is 0. The van der Waals surface area contributed by atoms with Crippen LogP contribution in [0.1, 0.15) is 60.4 Å². The maximum Gasteiger partial charge on any atom is 0.194 e. The summed E-state index contributed by atoms with van der Waals surface area (Å²) in [5.74, 6) is 0.894. The average Bonchev–Trinajstić information content (AvgIpc) is 2.27. The van der Waals surface area contributed by atoms with Crippen LogP contribution in [0.5, 0.6) is 0 Å². The SMILES string of the molecule is COC1(C(=O)c2ccc(C3CCC3)cc2)CCC1. The van der Waals surface area contributed by atoms with E-state index in [1.165, 1.54) is 24.8 Å². The standard InChI is InChI=1S/C16H20O2/c1-18-16(10-3-11-16)15(17)14-8-6-13(7-9-14)12-4-2-5-12/h6-9,12H,2-5,10-11H2,1H3. The van der Waals surface area contributed by atoms with Gasteiger partial charge < -0.3 is 4.74 Å². The molecule has 2 fully saturated rings. The van der Waals surface area contributed by atoms with Gasteiger partial charge in [-0.2, -0.15) is 0 Å². The molecule has 0 aromatic heterocycles. The highest BCUT2D eigenvalue weighted by atomic mass is 16.5. The molecule has 2 nitrogen and oxygen atoms in total. The molecule has 0 amide bonds. The Morgan fingerprint density at radius 2 is 1.83 bits per heavy atom. The minimum absolute atomic E-state index is 0.163. The summed E-state index contributed by atoms with van der Waals surface area (Å²) in [4.78, 5) is 12.4. The van der Waals surface area contributed by atoms with Gasteiger partial charge in [-0.1, -0.05) is 30.7 Å². The number of carbonyl (C=O) groups is 1. The second-order valence-corrected chi connectivity index (χ2v) is 5.63. The quantitative estimate of drug-likeness (QED) is 0.755. The van der Waals surface area contributed by atoms with Crippen LogP contribution in [-0.4, -0.2) is 18.5 Å². The van der Waals surface area contributed by atoms with E-state index in [9.17, 15) is 4.79 Å². The topological polar surface area (TPSA) is 26.3 Å². The molecule has 0 heterocycles. The van der Waals surface area contributed by atoms with Gasteiger partial charge in [-0.3, -0.25) is 4.79 Å². The minimum atomic E-state index is -0.516. The molecule has 0 atom stereocenters. The third-order valence-electron chi connectivity index (χ3n) is 4.72. The van der Waals surface area contributed by atoms with E-state index in [4.69, 9.17) is 4.74 Å². The van der Waals surface area contributed by atoms with Gasteiger partial charge >= 0.3 is 0 Å². The first kappa shape index (κ1) is 11.9. The molecule has 96 valence electrons. The Morgan fingerprint density at radius 1 is 1.17 bits per heavy atom. The van der Waals surface area contributed by atoms with Crippen LogP contribution in [0.25, 0.3) is 0 Å². The molecular weight excluding hydrogens is 224 g/mol. The van der Waals surface area contributed by atoms with Crippen LogP contribution in [-0.2, 0) is 4.74 Å². The largest absolute Gasteiger partial charge is 0.370 e. The summed E-state index contributed by atoms with van der Waals surface area (Å²) in [6.45, 7) is 0. The van der Waals surface area contributed by atoms with Crippen molar-refractivity contribution in [3.05, 3.63) is 35.4 Å². The van der Waals surface area contributed by atoms with E-state index in [1.807, 2.05) is 12.1 Å². The zero-order chi connectivity index (χ0) is 12.6. The first-order valence-electron chi connectivity index (χ1n) is 6.95. The number of hydrogen-bond acceptors (Lipinski definition) is 2. The second-order valence-electron chi connectivity index (χ2n) is 5.63. The van der Waals surface area contributed by atoms with Gasteiger partial charge in [-0.05, 0) is 43.6 Å². The summed E-state index contributed by atoms with van der Waals surface area (Å²) >= 11 is 0. The molecule has 0 spiro atoms. The molecule has 0 bridgehead atoms. The fourth-order valence-electron chi connectivity index (χ4n) is 2.93. The Labute approximate surface area is 108 Å². The van der Waals surface area contributed by atoms with Crippen LogP contribution in [0.15, 0.2) is 24.3 Å². The van der Waals surface area contributed by atoms with Crippen molar-refractivity contribution >= 4 is 5.78 Å². The van der Waals surface area contributed by atoms with E-state index in [0.29, 0.717) is 0 Å². The Morgan fingerprint density at radius 3 is 2.22 bits per heavy atom. The van der Waals surface area contributed by atoms with E-state index in [2.05, 4.69) is 12.1 Å². The number of methoxy groups -OCH3 is 1. The molecule has 0 saturated heterocycles. The van der Waals surface area contributed by atoms with E-state index in [1.54, 1.807) is 7.11 Å². The molecule has 1 aromatic rings. The van der Waals surface area contributed by atoms with Crippen LogP contribution < -0.4 is 0 Å². The van der Waals surface area contributed by atoms with Crippen LogP contribution in [0.3, 0.4) is 0 Å². The molecule has 0 unspecified atom stereocenters. The summed E-state index contributed by atoms with van der Waals surface area (Å²) in [7, 11) is 1.65. The molecular formula is C16H20O2. The highest BCUT2D eigenvalue weighted by Crippen LogP contribution is 2.39. The molecule has 2 saturated carbocycles. The maximum atomic E-state index is 12.4. The van der Waals surface area contributed by atoms with E-state index >= 15 is 0 Å². The predicted molar refractivity (Wildman–Crippen MR) is 71.0 cm³/mol. The lowest BCUT2D eigenvalue weighted by Gasteiger charge is -2.38. The fourth-order valence-corrected chi connectivity index (χ4v) is 2.93. The van der Waals surface area contributed by atoms with Crippen molar-refractivity contribution in [2.24, 2.45) is 0 Å². The highest BCUT2D eigenvalue weighted by Gasteiger charge is 2.44. The smallest absolute Gasteiger partial charge is 0.194 e. The molecule has 2 aliphatic rings. The van der Waals surface area contributed by atoms with Gasteiger partial charge in [0.15, 0.2) is 5.78 Å². The van der Waals surface area contributed by atoms with E-state index in [-0.39, 0.29) is 5.78 Å². The number of ether oxygens (including phenoxy) is 1. The molecule has 0 aliphatic heterocycles. The van der Waals surface area contributed by atoms with Crippen molar-refractivity contribution in [2.75, 3.05) is 7.11 Å². The fraction of sp³-hybridized carbons (Fsp3) is 0.562. The van der Waals surface area contributed by atoms with Crippen molar-refractivity contribution in [1.82, 2.24) is 0 Å². The Kier molecular flexibility index (Phi) is 2.98. The van der Waals surface area contributed by atoms with Gasteiger partial charge in [0.2, 0.25) is 0 Å². The number of carbonyl (C=O) groups excluding carboxylic acids is 1. The lowest BCUT2D eigenvalue weighted by molar-refractivity contribution is -0.0448. The van der Waals surface area contributed by atoms with Gasteiger partial charge in [0.05, 0.1) is 0 Å². The average molecular weight is 244 g/mol. The normalized spacial score (nSPS) is 22.1. The zero-order valence-electron chi connectivity index (χ0n) is 10.9. The van der Waals surface area contributed by atoms with Crippen LogP contribution in [0.4, 0.5) is 0 Å². The van der Waals surface area contributed by atoms with Crippen molar-refractivity contribution in [3.8, 4) is 0 Å². The molecule has 3 rings (SSSR count). The van der Waals surface area contributed by atoms with Crippen molar-refractivity contribution < 1.29 is 9.53 Å². The van der Waals surface area contributed by atoms with Gasteiger partial charge in [-0.25, -0.2) is 0 Å². The summed E-state index contributed by atoms with van der Waals surface area (Å²) < 4.78 is 5.45. The zero-order valence-corrected chi connectivity index (χ0v) is 10.9.